The molecule has 15 heavy (non-hydrogen) atoms. The maximum Gasteiger partial charge on any atom is 0.366 e. The highest BCUT2D eigenvalue weighted by Crippen LogP contribution is 2.17. The van der Waals surface area contributed by atoms with E-state index in [-0.39, 0.29) is 5.71 Å². The molecule has 0 aliphatic rings. The summed E-state index contributed by atoms with van der Waals surface area (Å²) in [4.78, 5) is 13.8. The van der Waals surface area contributed by atoms with E-state index < -0.39 is 11.9 Å². The zero-order chi connectivity index (χ0) is 11.4. The average Bonchev–Trinajstić information content (AvgIpc) is 2.19. The van der Waals surface area contributed by atoms with Crippen LogP contribution in [0.2, 0.25) is 5.02 Å². The first-order valence-electron chi connectivity index (χ1n) is 4.22. The van der Waals surface area contributed by atoms with Gasteiger partial charge in [-0.1, -0.05) is 23.7 Å². The largest absolute Gasteiger partial charge is 0.376 e. The van der Waals surface area contributed by atoms with Crippen molar-refractivity contribution in [3.63, 3.8) is 0 Å². The van der Waals surface area contributed by atoms with Gasteiger partial charge in [0, 0.05) is 11.9 Å². The number of aliphatic hydroxyl groups is 1. The Kier molecular flexibility index (Phi) is 3.74. The van der Waals surface area contributed by atoms with Gasteiger partial charge < -0.3 is 10.6 Å². The first kappa shape index (κ1) is 11.6. The van der Waals surface area contributed by atoms with Crippen LogP contribution < -0.4 is 0 Å². The number of rotatable bonds is 3. The summed E-state index contributed by atoms with van der Waals surface area (Å²) in [6.07, 6.45) is -1.23. The summed E-state index contributed by atoms with van der Waals surface area (Å²) < 4.78 is 0. The molecule has 0 aromatic heterocycles. The van der Waals surface area contributed by atoms with E-state index in [0.717, 1.165) is 0 Å². The molecule has 0 heterocycles. The standard InChI is InChI=1S/C10H9ClN2O2/c1-6(14)9(13-12)10(15)7-2-4-8(11)5-3-7/h2-5,10,15H,1H3. The van der Waals surface area contributed by atoms with E-state index >= 15 is 0 Å². The van der Waals surface area contributed by atoms with Crippen LogP contribution in [0.3, 0.4) is 0 Å². The minimum Gasteiger partial charge on any atom is -0.376 e. The minimum absolute atomic E-state index is 0.294. The Morgan fingerprint density at radius 2 is 2.00 bits per heavy atom. The van der Waals surface area contributed by atoms with E-state index in [1.165, 1.54) is 6.92 Å². The lowest BCUT2D eigenvalue weighted by Crippen LogP contribution is -2.20. The smallest absolute Gasteiger partial charge is 0.366 e. The van der Waals surface area contributed by atoms with Gasteiger partial charge >= 0.3 is 5.71 Å². The van der Waals surface area contributed by atoms with Crippen LogP contribution in [0.15, 0.2) is 24.3 Å². The monoisotopic (exact) mass is 224 g/mol. The van der Waals surface area contributed by atoms with Crippen molar-refractivity contribution >= 4 is 23.1 Å². The molecule has 0 saturated carbocycles. The van der Waals surface area contributed by atoms with Gasteiger partial charge in [0.1, 0.15) is 0 Å². The predicted molar refractivity (Wildman–Crippen MR) is 55.7 cm³/mol. The van der Waals surface area contributed by atoms with Crippen LogP contribution in [0.25, 0.3) is 5.53 Å². The fourth-order valence-electron chi connectivity index (χ4n) is 1.12. The van der Waals surface area contributed by atoms with Gasteiger partial charge in [-0.25, -0.2) is 0 Å². The molecular weight excluding hydrogens is 216 g/mol. The lowest BCUT2D eigenvalue weighted by Gasteiger charge is -2.04. The Labute approximate surface area is 91.7 Å². The number of hydrogen-bond donors (Lipinski definition) is 1. The highest BCUT2D eigenvalue weighted by atomic mass is 35.5. The topological polar surface area (TPSA) is 73.7 Å². The number of Topliss-reactive ketones (excluding diaryl/α,β-unsaturated/α-hetero) is 1. The Bertz CT molecular complexity index is 422. The van der Waals surface area contributed by atoms with E-state index in [1.54, 1.807) is 24.3 Å². The Hall–Kier alpha value is -1.48. The molecule has 0 amide bonds. The summed E-state index contributed by atoms with van der Waals surface area (Å²) in [6.45, 7) is 1.22. The number of nitrogens with zero attached hydrogens (tertiary/aromatic N) is 2. The summed E-state index contributed by atoms with van der Waals surface area (Å²) in [6, 6.07) is 6.27. The molecule has 1 aromatic rings. The molecule has 78 valence electrons. The van der Waals surface area contributed by atoms with Crippen molar-refractivity contribution in [2.75, 3.05) is 0 Å². The molecule has 0 aliphatic carbocycles. The van der Waals surface area contributed by atoms with E-state index in [4.69, 9.17) is 17.1 Å². The van der Waals surface area contributed by atoms with Gasteiger partial charge in [0.15, 0.2) is 6.10 Å². The first-order chi connectivity index (χ1) is 7.06. The average molecular weight is 225 g/mol. The van der Waals surface area contributed by atoms with Gasteiger partial charge in [-0.2, -0.15) is 4.79 Å². The van der Waals surface area contributed by atoms with Crippen molar-refractivity contribution in [3.05, 3.63) is 40.4 Å². The van der Waals surface area contributed by atoms with Gasteiger partial charge in [0.25, 0.3) is 0 Å². The van der Waals surface area contributed by atoms with Gasteiger partial charge in [0.05, 0.1) is 0 Å². The van der Waals surface area contributed by atoms with Crippen LogP contribution in [-0.2, 0) is 4.79 Å². The lowest BCUT2D eigenvalue weighted by atomic mass is 10.0. The number of carbonyl (C=O) groups excluding carboxylic acids is 1. The van der Waals surface area contributed by atoms with Crippen LogP contribution in [0.4, 0.5) is 0 Å². The van der Waals surface area contributed by atoms with E-state index in [1.807, 2.05) is 0 Å². The van der Waals surface area contributed by atoms with Crippen molar-refractivity contribution < 1.29 is 14.7 Å². The normalized spacial score (nSPS) is 11.7. The molecular formula is C10H9ClN2O2. The molecule has 1 atom stereocenters. The Morgan fingerprint density at radius 3 is 2.40 bits per heavy atom. The van der Waals surface area contributed by atoms with Gasteiger partial charge in [-0.15, -0.1) is 0 Å². The zero-order valence-electron chi connectivity index (χ0n) is 8.01. The molecule has 0 radical (unpaired) electrons. The third kappa shape index (κ3) is 2.73. The van der Waals surface area contributed by atoms with Crippen LogP contribution >= 0.6 is 11.6 Å². The molecule has 1 aromatic carbocycles. The van der Waals surface area contributed by atoms with E-state index in [9.17, 15) is 9.90 Å². The molecule has 5 heteroatoms. The number of benzene rings is 1. The molecule has 0 fully saturated rings. The maximum atomic E-state index is 11.0. The second-order valence-corrected chi connectivity index (χ2v) is 3.43. The van der Waals surface area contributed by atoms with E-state index in [0.29, 0.717) is 10.6 Å². The van der Waals surface area contributed by atoms with Crippen molar-refractivity contribution in [1.82, 2.24) is 0 Å². The zero-order valence-corrected chi connectivity index (χ0v) is 8.77. The molecule has 0 aliphatic heterocycles. The fourth-order valence-corrected chi connectivity index (χ4v) is 1.25. The van der Waals surface area contributed by atoms with Gasteiger partial charge in [-0.05, 0) is 17.7 Å². The summed E-state index contributed by atoms with van der Waals surface area (Å²) in [5.74, 6) is -0.486. The number of hydrogen-bond acceptors (Lipinski definition) is 2. The molecule has 1 rings (SSSR count). The number of carbonyl (C=O) groups is 1. The van der Waals surface area contributed by atoms with Crippen LogP contribution in [0, 0.1) is 0 Å². The quantitative estimate of drug-likeness (QED) is 0.481. The van der Waals surface area contributed by atoms with Crippen molar-refractivity contribution in [1.29, 1.82) is 0 Å². The highest BCUT2D eigenvalue weighted by Gasteiger charge is 2.27. The van der Waals surface area contributed by atoms with Gasteiger partial charge in [0.2, 0.25) is 5.78 Å². The summed E-state index contributed by atoms with van der Waals surface area (Å²) >= 11 is 5.66. The van der Waals surface area contributed by atoms with Crippen LogP contribution in [-0.4, -0.2) is 21.4 Å². The summed E-state index contributed by atoms with van der Waals surface area (Å²) in [7, 11) is 0. The summed E-state index contributed by atoms with van der Waals surface area (Å²) in [5, 5.41) is 10.2. The molecule has 0 spiro atoms. The predicted octanol–water partition coefficient (Wildman–Crippen LogP) is 1.63. The Balaban J connectivity index is 3.03. The molecule has 1 unspecified atom stereocenters. The SMILES string of the molecule is CC(=O)C(=[N+]=[N-])C(O)c1ccc(Cl)cc1. The third-order valence-corrected chi connectivity index (χ3v) is 2.17. The van der Waals surface area contributed by atoms with Crippen LogP contribution in [0.5, 0.6) is 0 Å². The van der Waals surface area contributed by atoms with E-state index in [2.05, 4.69) is 4.79 Å². The Morgan fingerprint density at radius 1 is 1.47 bits per heavy atom. The number of halogens is 1. The molecule has 4 nitrogen and oxygen atoms in total. The van der Waals surface area contributed by atoms with Gasteiger partial charge in [-0.3, -0.25) is 4.79 Å². The summed E-state index contributed by atoms with van der Waals surface area (Å²) in [5.41, 5.74) is 8.72. The lowest BCUT2D eigenvalue weighted by molar-refractivity contribution is -0.117. The highest BCUT2D eigenvalue weighted by molar-refractivity contribution is 6.38. The molecule has 0 bridgehead atoms. The second-order valence-electron chi connectivity index (χ2n) is 3.00. The molecule has 1 N–H and O–H groups in total. The maximum absolute atomic E-state index is 11.0. The number of ketones is 1. The van der Waals surface area contributed by atoms with Crippen molar-refractivity contribution in [3.8, 4) is 0 Å². The minimum atomic E-state index is -1.23. The van der Waals surface area contributed by atoms with Crippen molar-refractivity contribution in [2.45, 2.75) is 13.0 Å². The number of aliphatic hydroxyl groups excluding tert-OH is 1. The molecule has 0 saturated heterocycles. The fraction of sp³-hybridized carbons (Fsp3) is 0.200. The van der Waals surface area contributed by atoms with Crippen LogP contribution in [0.1, 0.15) is 18.6 Å². The third-order valence-electron chi connectivity index (χ3n) is 1.91. The van der Waals surface area contributed by atoms with Crippen molar-refractivity contribution in [2.24, 2.45) is 0 Å². The first-order valence-corrected chi connectivity index (χ1v) is 4.60. The second kappa shape index (κ2) is 4.84.